The minimum Gasteiger partial charge on any atom is -0.487 e. The molecule has 2 aromatic rings. The first-order valence-electron chi connectivity index (χ1n) is 6.43. The molecule has 0 atom stereocenters. The van der Waals surface area contributed by atoms with Crippen LogP contribution in [-0.2, 0) is 13.0 Å². The average molecular weight is 271 g/mol. The second-order valence-electron chi connectivity index (χ2n) is 4.52. The minimum atomic E-state index is -1.00. The number of carboxylic acid groups (broad SMARTS) is 1. The van der Waals surface area contributed by atoms with E-state index in [0.29, 0.717) is 18.0 Å². The molecule has 4 heteroatoms. The van der Waals surface area contributed by atoms with Gasteiger partial charge in [-0.1, -0.05) is 31.2 Å². The van der Waals surface area contributed by atoms with Crippen molar-refractivity contribution in [3.63, 3.8) is 0 Å². The summed E-state index contributed by atoms with van der Waals surface area (Å²) in [7, 11) is 0. The van der Waals surface area contributed by atoms with E-state index in [0.717, 1.165) is 12.0 Å². The van der Waals surface area contributed by atoms with E-state index in [-0.39, 0.29) is 5.56 Å². The molecule has 2 rings (SSSR count). The van der Waals surface area contributed by atoms with Crippen LogP contribution in [0.15, 0.2) is 42.5 Å². The van der Waals surface area contributed by atoms with Crippen molar-refractivity contribution in [3.8, 4) is 5.75 Å². The highest BCUT2D eigenvalue weighted by Gasteiger charge is 2.07. The number of carboxylic acids is 1. The van der Waals surface area contributed by atoms with E-state index in [4.69, 9.17) is 15.6 Å². The third-order valence-electron chi connectivity index (χ3n) is 3.08. The number of rotatable bonds is 5. The van der Waals surface area contributed by atoms with Gasteiger partial charge in [0.05, 0.1) is 11.3 Å². The van der Waals surface area contributed by atoms with Crippen LogP contribution in [0.3, 0.4) is 0 Å². The summed E-state index contributed by atoms with van der Waals surface area (Å²) in [6.07, 6.45) is 1.00. The Bertz CT molecular complexity index is 606. The summed E-state index contributed by atoms with van der Waals surface area (Å²) in [5, 5.41) is 8.86. The van der Waals surface area contributed by atoms with Crippen LogP contribution in [0.1, 0.15) is 28.4 Å². The van der Waals surface area contributed by atoms with Crippen LogP contribution in [0.4, 0.5) is 5.69 Å². The Labute approximate surface area is 117 Å². The van der Waals surface area contributed by atoms with E-state index in [2.05, 4.69) is 19.1 Å². The third kappa shape index (κ3) is 3.29. The number of aromatic carboxylic acids is 1. The van der Waals surface area contributed by atoms with Crippen molar-refractivity contribution in [1.29, 1.82) is 0 Å². The van der Waals surface area contributed by atoms with Gasteiger partial charge in [-0.2, -0.15) is 0 Å². The number of carbonyl (C=O) groups is 1. The highest BCUT2D eigenvalue weighted by Crippen LogP contribution is 2.23. The number of aryl methyl sites for hydroxylation is 1. The molecular weight excluding hydrogens is 254 g/mol. The monoisotopic (exact) mass is 271 g/mol. The molecule has 0 spiro atoms. The SMILES string of the molecule is CCc1ccc(COc2ccc(C(=O)O)cc2N)cc1. The van der Waals surface area contributed by atoms with Crippen LogP contribution in [0.2, 0.25) is 0 Å². The van der Waals surface area contributed by atoms with Crippen molar-refractivity contribution >= 4 is 11.7 Å². The van der Waals surface area contributed by atoms with Crippen molar-refractivity contribution in [2.24, 2.45) is 0 Å². The van der Waals surface area contributed by atoms with Crippen molar-refractivity contribution in [3.05, 3.63) is 59.2 Å². The predicted molar refractivity (Wildman–Crippen MR) is 78.0 cm³/mol. The first-order chi connectivity index (χ1) is 9.60. The van der Waals surface area contributed by atoms with E-state index >= 15 is 0 Å². The van der Waals surface area contributed by atoms with Gasteiger partial charge in [0.15, 0.2) is 0 Å². The lowest BCUT2D eigenvalue weighted by Crippen LogP contribution is -2.02. The van der Waals surface area contributed by atoms with Crippen LogP contribution < -0.4 is 10.5 Å². The molecule has 0 unspecified atom stereocenters. The zero-order valence-electron chi connectivity index (χ0n) is 11.3. The number of benzene rings is 2. The second-order valence-corrected chi connectivity index (χ2v) is 4.52. The van der Waals surface area contributed by atoms with Crippen molar-refractivity contribution < 1.29 is 14.6 Å². The number of hydrogen-bond donors (Lipinski definition) is 2. The Morgan fingerprint density at radius 1 is 1.15 bits per heavy atom. The lowest BCUT2D eigenvalue weighted by Gasteiger charge is -2.10. The van der Waals surface area contributed by atoms with Gasteiger partial charge in [0.1, 0.15) is 12.4 Å². The molecule has 4 nitrogen and oxygen atoms in total. The Hall–Kier alpha value is -2.49. The molecule has 0 aliphatic heterocycles. The smallest absolute Gasteiger partial charge is 0.335 e. The van der Waals surface area contributed by atoms with Gasteiger partial charge in [-0.25, -0.2) is 4.79 Å². The van der Waals surface area contributed by atoms with Gasteiger partial charge >= 0.3 is 5.97 Å². The van der Waals surface area contributed by atoms with Crippen LogP contribution in [0.5, 0.6) is 5.75 Å². The predicted octanol–water partition coefficient (Wildman–Crippen LogP) is 3.11. The number of hydrogen-bond acceptors (Lipinski definition) is 3. The van der Waals surface area contributed by atoms with E-state index in [9.17, 15) is 4.79 Å². The van der Waals surface area contributed by atoms with Gasteiger partial charge < -0.3 is 15.6 Å². The zero-order valence-corrected chi connectivity index (χ0v) is 11.3. The summed E-state index contributed by atoms with van der Waals surface area (Å²) >= 11 is 0. The summed E-state index contributed by atoms with van der Waals surface area (Å²) in [6.45, 7) is 2.51. The van der Waals surface area contributed by atoms with Gasteiger partial charge in [-0.05, 0) is 35.7 Å². The lowest BCUT2D eigenvalue weighted by atomic mass is 10.1. The fourth-order valence-corrected chi connectivity index (χ4v) is 1.85. The summed E-state index contributed by atoms with van der Waals surface area (Å²) in [4.78, 5) is 10.8. The molecule has 0 amide bonds. The maximum Gasteiger partial charge on any atom is 0.335 e. The van der Waals surface area contributed by atoms with E-state index in [1.807, 2.05) is 12.1 Å². The molecule has 0 saturated heterocycles. The Balaban J connectivity index is 2.04. The Kier molecular flexibility index (Phi) is 4.25. The molecule has 0 aliphatic carbocycles. The van der Waals surface area contributed by atoms with Crippen LogP contribution in [-0.4, -0.2) is 11.1 Å². The number of nitrogens with two attached hydrogens (primary N) is 1. The molecule has 104 valence electrons. The molecule has 0 saturated carbocycles. The summed E-state index contributed by atoms with van der Waals surface area (Å²) < 4.78 is 5.61. The van der Waals surface area contributed by atoms with Gasteiger partial charge in [0.25, 0.3) is 0 Å². The molecular formula is C16H17NO3. The maximum absolute atomic E-state index is 10.8. The van der Waals surface area contributed by atoms with Gasteiger partial charge in [0, 0.05) is 0 Å². The molecule has 0 aliphatic rings. The zero-order chi connectivity index (χ0) is 14.5. The van der Waals surface area contributed by atoms with Crippen LogP contribution in [0.25, 0.3) is 0 Å². The Morgan fingerprint density at radius 2 is 1.80 bits per heavy atom. The summed E-state index contributed by atoms with van der Waals surface area (Å²) in [5.41, 5.74) is 8.59. The fraction of sp³-hybridized carbons (Fsp3) is 0.188. The van der Waals surface area contributed by atoms with Crippen molar-refractivity contribution in [2.45, 2.75) is 20.0 Å². The quantitative estimate of drug-likeness (QED) is 0.819. The Morgan fingerprint density at radius 3 is 2.35 bits per heavy atom. The number of anilines is 1. The van der Waals surface area contributed by atoms with E-state index in [1.165, 1.54) is 17.7 Å². The third-order valence-corrected chi connectivity index (χ3v) is 3.08. The van der Waals surface area contributed by atoms with E-state index in [1.54, 1.807) is 6.07 Å². The van der Waals surface area contributed by atoms with Crippen molar-refractivity contribution in [1.82, 2.24) is 0 Å². The summed E-state index contributed by atoms with van der Waals surface area (Å²) in [6, 6.07) is 12.6. The van der Waals surface area contributed by atoms with Crippen molar-refractivity contribution in [2.75, 3.05) is 5.73 Å². The molecule has 0 bridgehead atoms. The molecule has 0 fully saturated rings. The molecule has 2 aromatic carbocycles. The fourth-order valence-electron chi connectivity index (χ4n) is 1.85. The molecule has 20 heavy (non-hydrogen) atoms. The molecule has 0 aromatic heterocycles. The maximum atomic E-state index is 10.8. The first kappa shape index (κ1) is 13.9. The number of nitrogen functional groups attached to an aromatic ring is 1. The lowest BCUT2D eigenvalue weighted by molar-refractivity contribution is 0.0697. The van der Waals surface area contributed by atoms with Gasteiger partial charge in [-0.3, -0.25) is 0 Å². The molecule has 0 radical (unpaired) electrons. The van der Waals surface area contributed by atoms with Gasteiger partial charge in [0.2, 0.25) is 0 Å². The standard InChI is InChI=1S/C16H17NO3/c1-2-11-3-5-12(6-4-11)10-20-15-8-7-13(16(18)19)9-14(15)17/h3-9H,2,10,17H2,1H3,(H,18,19). The normalized spacial score (nSPS) is 10.2. The summed E-state index contributed by atoms with van der Waals surface area (Å²) in [5.74, 6) is -0.507. The topological polar surface area (TPSA) is 72.5 Å². The highest BCUT2D eigenvalue weighted by atomic mass is 16.5. The van der Waals surface area contributed by atoms with Crippen LogP contribution >= 0.6 is 0 Å². The highest BCUT2D eigenvalue weighted by molar-refractivity contribution is 5.89. The minimum absolute atomic E-state index is 0.155. The molecule has 3 N–H and O–H groups in total. The average Bonchev–Trinajstić information content (AvgIpc) is 2.46. The second kappa shape index (κ2) is 6.10. The number of ether oxygens (including phenoxy) is 1. The van der Waals surface area contributed by atoms with E-state index < -0.39 is 5.97 Å². The molecule has 0 heterocycles. The van der Waals surface area contributed by atoms with Crippen LogP contribution in [0, 0.1) is 0 Å². The van der Waals surface area contributed by atoms with Gasteiger partial charge in [-0.15, -0.1) is 0 Å². The first-order valence-corrected chi connectivity index (χ1v) is 6.43. The largest absolute Gasteiger partial charge is 0.487 e.